The van der Waals surface area contributed by atoms with Crippen LogP contribution >= 0.6 is 0 Å². The standard InChI is InChI=1S/C50H33NO/c1-2-16-34(17-3-1)37-19-6-7-21-39(37)41-23-8-9-24-42(41)43-25-12-14-28-47(43)51(36-30-31-46-45-27-13-15-29-49(45)52-50(46)33-36)48-32-35-18-4-5-20-38(35)40-22-10-11-26-44(40)48/h1-33H. The molecule has 0 radical (unpaired) electrons. The Kier molecular flexibility index (Phi) is 7.18. The van der Waals surface area contributed by atoms with Gasteiger partial charge >= 0.3 is 0 Å². The van der Waals surface area contributed by atoms with Crippen LogP contribution in [0, 0.1) is 0 Å². The number of rotatable bonds is 6. The van der Waals surface area contributed by atoms with E-state index in [0.717, 1.165) is 44.6 Å². The lowest BCUT2D eigenvalue weighted by atomic mass is 9.88. The molecule has 0 unspecified atom stereocenters. The molecule has 10 rings (SSSR count). The number of benzene rings is 9. The Morgan fingerprint density at radius 3 is 1.63 bits per heavy atom. The molecule has 0 fully saturated rings. The van der Waals surface area contributed by atoms with Crippen molar-refractivity contribution in [2.45, 2.75) is 0 Å². The third kappa shape index (κ3) is 4.96. The lowest BCUT2D eigenvalue weighted by Gasteiger charge is -2.30. The van der Waals surface area contributed by atoms with Gasteiger partial charge in [-0.15, -0.1) is 0 Å². The van der Waals surface area contributed by atoms with E-state index in [4.69, 9.17) is 4.42 Å². The summed E-state index contributed by atoms with van der Waals surface area (Å²) in [5.74, 6) is 0. The van der Waals surface area contributed by atoms with Crippen molar-refractivity contribution in [3.63, 3.8) is 0 Å². The molecule has 0 amide bonds. The van der Waals surface area contributed by atoms with Gasteiger partial charge in [-0.05, 0) is 74.3 Å². The molecule has 2 nitrogen and oxygen atoms in total. The number of fused-ring (bicyclic) bond motifs is 6. The van der Waals surface area contributed by atoms with Gasteiger partial charge in [-0.1, -0.05) is 164 Å². The van der Waals surface area contributed by atoms with Gasteiger partial charge < -0.3 is 9.32 Å². The molecule has 9 aromatic carbocycles. The van der Waals surface area contributed by atoms with Crippen LogP contribution in [0.5, 0.6) is 0 Å². The van der Waals surface area contributed by atoms with E-state index in [0.29, 0.717) is 0 Å². The largest absolute Gasteiger partial charge is 0.456 e. The maximum absolute atomic E-state index is 6.49. The van der Waals surface area contributed by atoms with Gasteiger partial charge in [-0.2, -0.15) is 0 Å². The minimum absolute atomic E-state index is 0.864. The number of anilines is 3. The van der Waals surface area contributed by atoms with Gasteiger partial charge in [0.05, 0.1) is 11.4 Å². The Morgan fingerprint density at radius 2 is 0.846 bits per heavy atom. The minimum Gasteiger partial charge on any atom is -0.456 e. The zero-order chi connectivity index (χ0) is 34.4. The van der Waals surface area contributed by atoms with Gasteiger partial charge in [0.25, 0.3) is 0 Å². The van der Waals surface area contributed by atoms with E-state index in [9.17, 15) is 0 Å². The van der Waals surface area contributed by atoms with Crippen molar-refractivity contribution in [3.05, 3.63) is 200 Å². The van der Waals surface area contributed by atoms with Crippen molar-refractivity contribution >= 4 is 60.5 Å². The molecule has 52 heavy (non-hydrogen) atoms. The fraction of sp³-hybridized carbons (Fsp3) is 0. The summed E-state index contributed by atoms with van der Waals surface area (Å²) in [7, 11) is 0. The van der Waals surface area contributed by atoms with Crippen molar-refractivity contribution in [2.75, 3.05) is 4.90 Å². The Balaban J connectivity index is 1.26. The number of nitrogens with zero attached hydrogens (tertiary/aromatic N) is 1. The fourth-order valence-electron chi connectivity index (χ4n) is 7.92. The highest BCUT2D eigenvalue weighted by Crippen LogP contribution is 2.48. The van der Waals surface area contributed by atoms with Gasteiger partial charge in [0.1, 0.15) is 11.2 Å². The summed E-state index contributed by atoms with van der Waals surface area (Å²) in [4.78, 5) is 2.43. The van der Waals surface area contributed by atoms with Crippen LogP contribution in [-0.4, -0.2) is 0 Å². The van der Waals surface area contributed by atoms with Crippen LogP contribution < -0.4 is 4.90 Å². The molecule has 0 saturated carbocycles. The number of hydrogen-bond acceptors (Lipinski definition) is 2. The summed E-state index contributed by atoms with van der Waals surface area (Å²) in [6.07, 6.45) is 0. The van der Waals surface area contributed by atoms with E-state index in [-0.39, 0.29) is 0 Å². The molecule has 0 bridgehead atoms. The Morgan fingerprint density at radius 1 is 0.308 bits per heavy atom. The summed E-state index contributed by atoms with van der Waals surface area (Å²) in [6.45, 7) is 0. The molecule has 0 aliphatic rings. The monoisotopic (exact) mass is 663 g/mol. The molecular formula is C50H33NO. The van der Waals surface area contributed by atoms with E-state index in [2.05, 4.69) is 193 Å². The topological polar surface area (TPSA) is 16.4 Å². The van der Waals surface area contributed by atoms with Crippen LogP contribution in [0.3, 0.4) is 0 Å². The Bertz CT molecular complexity index is 2920. The molecule has 0 spiro atoms. The zero-order valence-corrected chi connectivity index (χ0v) is 28.4. The molecule has 0 aliphatic heterocycles. The van der Waals surface area contributed by atoms with Crippen LogP contribution in [-0.2, 0) is 0 Å². The Hall–Kier alpha value is -6.90. The van der Waals surface area contributed by atoms with Gasteiger partial charge in [0, 0.05) is 33.5 Å². The lowest BCUT2D eigenvalue weighted by molar-refractivity contribution is 0.669. The SMILES string of the molecule is c1ccc(-c2ccccc2-c2ccccc2-c2ccccc2N(c2ccc3c(c2)oc2ccccc23)c2cc3ccccc3c3ccccc23)cc1. The highest BCUT2D eigenvalue weighted by molar-refractivity contribution is 6.15. The predicted octanol–water partition coefficient (Wildman–Crippen LogP) is 14.4. The summed E-state index contributed by atoms with van der Waals surface area (Å²) < 4.78 is 6.49. The predicted molar refractivity (Wildman–Crippen MR) is 220 cm³/mol. The van der Waals surface area contributed by atoms with Crippen molar-refractivity contribution in [3.8, 4) is 33.4 Å². The van der Waals surface area contributed by atoms with Crippen molar-refractivity contribution in [1.82, 2.24) is 0 Å². The van der Waals surface area contributed by atoms with E-state index < -0.39 is 0 Å². The maximum atomic E-state index is 6.49. The third-order valence-electron chi connectivity index (χ3n) is 10.3. The zero-order valence-electron chi connectivity index (χ0n) is 28.4. The second-order valence-corrected chi connectivity index (χ2v) is 13.3. The first-order chi connectivity index (χ1) is 25.8. The van der Waals surface area contributed by atoms with Gasteiger partial charge in [0.2, 0.25) is 0 Å². The molecule has 0 N–H and O–H groups in total. The second-order valence-electron chi connectivity index (χ2n) is 13.3. The average molecular weight is 664 g/mol. The molecule has 10 aromatic rings. The van der Waals surface area contributed by atoms with Crippen molar-refractivity contribution in [2.24, 2.45) is 0 Å². The smallest absolute Gasteiger partial charge is 0.137 e. The van der Waals surface area contributed by atoms with Crippen molar-refractivity contribution < 1.29 is 4.42 Å². The maximum Gasteiger partial charge on any atom is 0.137 e. The van der Waals surface area contributed by atoms with Crippen LogP contribution in [0.1, 0.15) is 0 Å². The molecule has 0 saturated heterocycles. The summed E-state index contributed by atoms with van der Waals surface area (Å²) >= 11 is 0. The van der Waals surface area contributed by atoms with Crippen LogP contribution in [0.15, 0.2) is 205 Å². The van der Waals surface area contributed by atoms with Gasteiger partial charge in [0.15, 0.2) is 0 Å². The lowest BCUT2D eigenvalue weighted by Crippen LogP contribution is -2.12. The van der Waals surface area contributed by atoms with E-state index in [1.165, 1.54) is 49.4 Å². The van der Waals surface area contributed by atoms with E-state index >= 15 is 0 Å². The van der Waals surface area contributed by atoms with Crippen LogP contribution in [0.2, 0.25) is 0 Å². The molecular weight excluding hydrogens is 631 g/mol. The van der Waals surface area contributed by atoms with E-state index in [1.807, 2.05) is 12.1 Å². The summed E-state index contributed by atoms with van der Waals surface area (Å²) in [6, 6.07) is 71.8. The van der Waals surface area contributed by atoms with Gasteiger partial charge in [-0.25, -0.2) is 0 Å². The third-order valence-corrected chi connectivity index (χ3v) is 10.3. The summed E-state index contributed by atoms with van der Waals surface area (Å²) in [5.41, 5.74) is 12.1. The Labute approximate surface area is 302 Å². The second kappa shape index (κ2) is 12.5. The average Bonchev–Trinajstić information content (AvgIpc) is 3.59. The van der Waals surface area contributed by atoms with Gasteiger partial charge in [-0.3, -0.25) is 0 Å². The highest BCUT2D eigenvalue weighted by Gasteiger charge is 2.23. The quantitative estimate of drug-likeness (QED) is 0.165. The highest BCUT2D eigenvalue weighted by atomic mass is 16.3. The number of para-hydroxylation sites is 2. The minimum atomic E-state index is 0.864. The normalized spacial score (nSPS) is 11.5. The van der Waals surface area contributed by atoms with Crippen LogP contribution in [0.25, 0.3) is 76.9 Å². The number of furan rings is 1. The first-order valence-corrected chi connectivity index (χ1v) is 17.8. The van der Waals surface area contributed by atoms with Crippen molar-refractivity contribution in [1.29, 1.82) is 0 Å². The molecule has 2 heteroatoms. The first-order valence-electron chi connectivity index (χ1n) is 17.8. The molecule has 244 valence electrons. The molecule has 1 heterocycles. The fourth-order valence-corrected chi connectivity index (χ4v) is 7.92. The first kappa shape index (κ1) is 30.0. The number of hydrogen-bond donors (Lipinski definition) is 0. The molecule has 0 atom stereocenters. The molecule has 0 aliphatic carbocycles. The molecule has 1 aromatic heterocycles. The van der Waals surface area contributed by atoms with Crippen LogP contribution in [0.4, 0.5) is 17.1 Å². The van der Waals surface area contributed by atoms with E-state index in [1.54, 1.807) is 0 Å². The summed E-state index contributed by atoms with van der Waals surface area (Å²) in [5, 5.41) is 7.08.